The van der Waals surface area contributed by atoms with Crippen molar-refractivity contribution in [1.29, 1.82) is 0 Å². The third kappa shape index (κ3) is 3.59. The van der Waals surface area contributed by atoms with Crippen LogP contribution < -0.4 is 5.32 Å². The lowest BCUT2D eigenvalue weighted by atomic mass is 10.5. The summed E-state index contributed by atoms with van der Waals surface area (Å²) >= 11 is 0. The topological polar surface area (TPSA) is 81.9 Å². The molecule has 0 atom stereocenters. The van der Waals surface area contributed by atoms with E-state index in [1.54, 1.807) is 24.7 Å². The van der Waals surface area contributed by atoms with Crippen LogP contribution in [0.5, 0.6) is 0 Å². The Bertz CT molecular complexity index is 526. The predicted octanol–water partition coefficient (Wildman–Crippen LogP) is 0.103. The fraction of sp³-hybridized carbons (Fsp3) is 0.333. The van der Waals surface area contributed by atoms with Crippen molar-refractivity contribution in [3.8, 4) is 11.6 Å². The summed E-state index contributed by atoms with van der Waals surface area (Å²) in [6, 6.07) is 1.75. The van der Waals surface area contributed by atoms with Crippen molar-refractivity contribution < 1.29 is 9.53 Å². The number of carbonyl (C=O) groups is 1. The molecule has 0 saturated heterocycles. The molecular weight excluding hydrogens is 246 g/mol. The van der Waals surface area contributed by atoms with Crippen molar-refractivity contribution in [2.75, 3.05) is 20.3 Å². The first-order valence-corrected chi connectivity index (χ1v) is 5.85. The zero-order valence-corrected chi connectivity index (χ0v) is 10.6. The molecule has 0 aliphatic carbocycles. The number of aromatic nitrogens is 4. The lowest BCUT2D eigenvalue weighted by molar-refractivity contribution is -0.124. The van der Waals surface area contributed by atoms with E-state index in [0.717, 1.165) is 0 Å². The number of methoxy groups -OCH3 is 1. The number of nitrogens with one attached hydrogen (secondary N) is 1. The molecule has 19 heavy (non-hydrogen) atoms. The van der Waals surface area contributed by atoms with Gasteiger partial charge < -0.3 is 14.6 Å². The Balaban J connectivity index is 1.95. The Morgan fingerprint density at radius 2 is 2.11 bits per heavy atom. The van der Waals surface area contributed by atoms with Crippen LogP contribution in [0.25, 0.3) is 11.6 Å². The quantitative estimate of drug-likeness (QED) is 0.797. The first kappa shape index (κ1) is 13.2. The summed E-state index contributed by atoms with van der Waals surface area (Å²) in [4.78, 5) is 23.8. The third-order valence-corrected chi connectivity index (χ3v) is 2.43. The molecule has 0 aliphatic rings. The van der Waals surface area contributed by atoms with Crippen molar-refractivity contribution in [2.45, 2.75) is 6.54 Å². The highest BCUT2D eigenvalue weighted by Gasteiger charge is 2.08. The van der Waals surface area contributed by atoms with Crippen LogP contribution in [0.4, 0.5) is 0 Å². The minimum atomic E-state index is -0.139. The van der Waals surface area contributed by atoms with Gasteiger partial charge in [-0.2, -0.15) is 0 Å². The molecule has 0 bridgehead atoms. The van der Waals surface area contributed by atoms with Crippen molar-refractivity contribution in [2.24, 2.45) is 0 Å². The first-order chi connectivity index (χ1) is 9.31. The number of carbonyl (C=O) groups excluding carboxylic acids is 1. The number of nitrogens with zero attached hydrogens (tertiary/aromatic N) is 4. The molecule has 0 spiro atoms. The third-order valence-electron chi connectivity index (χ3n) is 2.43. The molecule has 1 N–H and O–H groups in total. The first-order valence-electron chi connectivity index (χ1n) is 5.85. The van der Waals surface area contributed by atoms with Crippen LogP contribution in [0.3, 0.4) is 0 Å². The summed E-state index contributed by atoms with van der Waals surface area (Å²) in [5.74, 6) is 1.11. The average Bonchev–Trinajstić information content (AvgIpc) is 2.88. The Labute approximate surface area is 110 Å². The van der Waals surface area contributed by atoms with E-state index >= 15 is 0 Å². The standard InChI is InChI=1S/C12H15N5O2/c1-19-9-10(18)13-5-7-17-8-6-16-12(17)11-14-3-2-4-15-11/h2-4,6,8H,5,7,9H2,1H3,(H,13,18). The molecule has 100 valence electrons. The highest BCUT2D eigenvalue weighted by Crippen LogP contribution is 2.10. The van der Waals surface area contributed by atoms with Crippen LogP contribution in [-0.2, 0) is 16.1 Å². The van der Waals surface area contributed by atoms with E-state index in [-0.39, 0.29) is 12.5 Å². The highest BCUT2D eigenvalue weighted by molar-refractivity contribution is 5.77. The Hall–Kier alpha value is -2.28. The normalized spacial score (nSPS) is 10.4. The number of ether oxygens (including phenoxy) is 1. The van der Waals surface area contributed by atoms with Gasteiger partial charge in [0.05, 0.1) is 0 Å². The van der Waals surface area contributed by atoms with E-state index in [1.165, 1.54) is 7.11 Å². The van der Waals surface area contributed by atoms with E-state index in [9.17, 15) is 4.79 Å². The van der Waals surface area contributed by atoms with Crippen LogP contribution in [0.15, 0.2) is 30.9 Å². The van der Waals surface area contributed by atoms with Gasteiger partial charge in [0.15, 0.2) is 11.6 Å². The molecule has 1 amide bonds. The minimum absolute atomic E-state index is 0.0680. The average molecular weight is 261 g/mol. The molecule has 2 heterocycles. The predicted molar refractivity (Wildman–Crippen MR) is 68.1 cm³/mol. The lowest BCUT2D eigenvalue weighted by Crippen LogP contribution is -2.30. The van der Waals surface area contributed by atoms with Gasteiger partial charge in [0.25, 0.3) is 0 Å². The molecule has 7 heteroatoms. The number of rotatable bonds is 6. The molecule has 0 unspecified atom stereocenters. The molecule has 7 nitrogen and oxygen atoms in total. The number of amides is 1. The maximum Gasteiger partial charge on any atom is 0.246 e. The van der Waals surface area contributed by atoms with Gasteiger partial charge in [-0.15, -0.1) is 0 Å². The van der Waals surface area contributed by atoms with E-state index in [2.05, 4.69) is 20.3 Å². The zero-order valence-electron chi connectivity index (χ0n) is 10.6. The zero-order chi connectivity index (χ0) is 13.5. The van der Waals surface area contributed by atoms with Crippen LogP contribution in [-0.4, -0.2) is 45.7 Å². The molecule has 0 aromatic carbocycles. The van der Waals surface area contributed by atoms with E-state index in [4.69, 9.17) is 4.74 Å². The number of imidazole rings is 1. The summed E-state index contributed by atoms with van der Waals surface area (Å²) in [5.41, 5.74) is 0. The van der Waals surface area contributed by atoms with Crippen LogP contribution in [0.1, 0.15) is 0 Å². The Kier molecular flexibility index (Phi) is 4.57. The van der Waals surface area contributed by atoms with Gasteiger partial charge in [0, 0.05) is 45.0 Å². The Morgan fingerprint density at radius 3 is 2.84 bits per heavy atom. The number of hydrogen-bond donors (Lipinski definition) is 1. The van der Waals surface area contributed by atoms with Gasteiger partial charge in [-0.25, -0.2) is 15.0 Å². The second-order valence-electron chi connectivity index (χ2n) is 3.80. The summed E-state index contributed by atoms with van der Waals surface area (Å²) in [6.07, 6.45) is 6.85. The van der Waals surface area contributed by atoms with E-state index < -0.39 is 0 Å². The smallest absolute Gasteiger partial charge is 0.246 e. The van der Waals surface area contributed by atoms with Crippen LogP contribution in [0, 0.1) is 0 Å². The second kappa shape index (κ2) is 6.60. The maximum atomic E-state index is 11.2. The fourth-order valence-electron chi connectivity index (χ4n) is 1.61. The molecule has 0 radical (unpaired) electrons. The van der Waals surface area contributed by atoms with Gasteiger partial charge in [-0.05, 0) is 6.07 Å². The minimum Gasteiger partial charge on any atom is -0.375 e. The van der Waals surface area contributed by atoms with Gasteiger partial charge in [0.1, 0.15) is 6.61 Å². The van der Waals surface area contributed by atoms with Crippen LogP contribution >= 0.6 is 0 Å². The van der Waals surface area contributed by atoms with Crippen molar-refractivity contribution in [1.82, 2.24) is 24.8 Å². The second-order valence-corrected chi connectivity index (χ2v) is 3.80. The van der Waals surface area contributed by atoms with Crippen molar-refractivity contribution >= 4 is 5.91 Å². The van der Waals surface area contributed by atoms with Crippen LogP contribution in [0.2, 0.25) is 0 Å². The summed E-state index contributed by atoms with van der Waals surface area (Å²) in [7, 11) is 1.49. The monoisotopic (exact) mass is 261 g/mol. The van der Waals surface area contributed by atoms with Crippen molar-refractivity contribution in [3.63, 3.8) is 0 Å². The van der Waals surface area contributed by atoms with Gasteiger partial charge >= 0.3 is 0 Å². The summed E-state index contributed by atoms with van der Waals surface area (Å²) < 4.78 is 6.62. The number of hydrogen-bond acceptors (Lipinski definition) is 5. The Morgan fingerprint density at radius 1 is 1.32 bits per heavy atom. The maximum absolute atomic E-state index is 11.2. The largest absolute Gasteiger partial charge is 0.375 e. The summed E-state index contributed by atoms with van der Waals surface area (Å²) in [6.45, 7) is 1.17. The highest BCUT2D eigenvalue weighted by atomic mass is 16.5. The van der Waals surface area contributed by atoms with Gasteiger partial charge in [0.2, 0.25) is 5.91 Å². The molecule has 2 aromatic rings. The SMILES string of the molecule is COCC(=O)NCCn1ccnc1-c1ncccn1. The lowest BCUT2D eigenvalue weighted by Gasteiger charge is -2.08. The molecular formula is C12H15N5O2. The fourth-order valence-corrected chi connectivity index (χ4v) is 1.61. The molecule has 2 aromatic heterocycles. The molecule has 0 saturated carbocycles. The summed E-state index contributed by atoms with van der Waals surface area (Å²) in [5, 5.41) is 2.75. The molecule has 0 fully saturated rings. The molecule has 2 rings (SSSR count). The van der Waals surface area contributed by atoms with Gasteiger partial charge in [-0.3, -0.25) is 4.79 Å². The van der Waals surface area contributed by atoms with Gasteiger partial charge in [-0.1, -0.05) is 0 Å². The van der Waals surface area contributed by atoms with E-state index in [1.807, 2.05) is 10.8 Å². The van der Waals surface area contributed by atoms with Crippen molar-refractivity contribution in [3.05, 3.63) is 30.9 Å². The molecule has 0 aliphatic heterocycles. The van der Waals surface area contributed by atoms with E-state index in [0.29, 0.717) is 24.7 Å².